The molecule has 3 rings (SSSR count). The Bertz CT molecular complexity index is 929. The first kappa shape index (κ1) is 19.5. The zero-order valence-electron chi connectivity index (χ0n) is 14.0. The van der Waals surface area contributed by atoms with E-state index >= 15 is 0 Å². The topological polar surface area (TPSA) is 85.5 Å². The number of sulfonamides is 1. The number of hydrogen-bond acceptors (Lipinski definition) is 6. The minimum atomic E-state index is -4.79. The van der Waals surface area contributed by atoms with E-state index in [0.717, 1.165) is 6.07 Å². The van der Waals surface area contributed by atoms with Gasteiger partial charge in [-0.05, 0) is 31.5 Å². The van der Waals surface area contributed by atoms with Gasteiger partial charge in [-0.1, -0.05) is 5.16 Å². The fourth-order valence-electron chi connectivity index (χ4n) is 2.60. The summed E-state index contributed by atoms with van der Waals surface area (Å²) in [5.41, 5.74) is -0.0132. The molecule has 1 saturated heterocycles. The van der Waals surface area contributed by atoms with Crippen molar-refractivity contribution in [1.29, 1.82) is 0 Å². The summed E-state index contributed by atoms with van der Waals surface area (Å²) >= 11 is 0. The molecule has 1 aliphatic rings. The molecule has 148 valence electrons. The summed E-state index contributed by atoms with van der Waals surface area (Å²) in [5, 5.41) is 3.19. The molecular weight excluding hydrogens is 394 g/mol. The molecule has 0 bridgehead atoms. The highest BCUT2D eigenvalue weighted by molar-refractivity contribution is 7.89. The third-order valence-corrected chi connectivity index (χ3v) is 5.87. The number of alkyl halides is 3. The van der Waals surface area contributed by atoms with Gasteiger partial charge in [0.05, 0.1) is 12.3 Å². The van der Waals surface area contributed by atoms with Gasteiger partial charge in [0.2, 0.25) is 15.8 Å². The molecule has 2 aromatic rings. The Balaban J connectivity index is 1.72. The fraction of sp³-hybridized carbons (Fsp3) is 0.467. The van der Waals surface area contributed by atoms with E-state index in [9.17, 15) is 26.0 Å². The molecule has 0 spiro atoms. The second-order valence-corrected chi connectivity index (χ2v) is 8.11. The lowest BCUT2D eigenvalue weighted by Gasteiger charge is -2.16. The first-order valence-electron chi connectivity index (χ1n) is 7.95. The van der Waals surface area contributed by atoms with Gasteiger partial charge in [-0.25, -0.2) is 12.8 Å². The Kier molecular flexibility index (Phi) is 5.12. The van der Waals surface area contributed by atoms with Gasteiger partial charge in [-0.3, -0.25) is 0 Å². The van der Waals surface area contributed by atoms with Crippen molar-refractivity contribution in [3.05, 3.63) is 29.9 Å². The number of ether oxygens (including phenoxy) is 1. The van der Waals surface area contributed by atoms with Crippen LogP contribution in [-0.4, -0.2) is 47.8 Å². The quantitative estimate of drug-likeness (QED) is 0.706. The van der Waals surface area contributed by atoms with E-state index in [1.54, 1.807) is 0 Å². The lowest BCUT2D eigenvalue weighted by molar-refractivity contribution is -0.159. The van der Waals surface area contributed by atoms with E-state index in [0.29, 0.717) is 6.42 Å². The average molecular weight is 409 g/mol. The van der Waals surface area contributed by atoms with Crippen LogP contribution in [0.2, 0.25) is 0 Å². The van der Waals surface area contributed by atoms with Gasteiger partial charge in [0, 0.05) is 12.1 Å². The smallest absolute Gasteiger partial charge is 0.471 e. The molecule has 2 heterocycles. The normalized spacial score (nSPS) is 18.8. The molecule has 1 fully saturated rings. The SMILES string of the molecule is CCS(=O)(=O)N1CCC(Oc2ccc(-c3noc(C(F)(F)F)n3)cc2F)C1. The summed E-state index contributed by atoms with van der Waals surface area (Å²) in [6, 6.07) is 3.44. The maximum Gasteiger partial charge on any atom is 0.471 e. The number of halogens is 4. The average Bonchev–Trinajstić information content (AvgIpc) is 3.26. The Hall–Kier alpha value is -2.21. The van der Waals surface area contributed by atoms with Crippen molar-refractivity contribution < 1.29 is 35.2 Å². The predicted octanol–water partition coefficient (Wildman–Crippen LogP) is 2.70. The van der Waals surface area contributed by atoms with Crippen LogP contribution in [0.3, 0.4) is 0 Å². The van der Waals surface area contributed by atoms with Crippen LogP contribution in [0.15, 0.2) is 22.7 Å². The van der Waals surface area contributed by atoms with Crippen molar-refractivity contribution in [1.82, 2.24) is 14.4 Å². The van der Waals surface area contributed by atoms with Gasteiger partial charge in [0.1, 0.15) is 6.10 Å². The second-order valence-electron chi connectivity index (χ2n) is 5.85. The maximum absolute atomic E-state index is 14.3. The molecule has 7 nitrogen and oxygen atoms in total. The predicted molar refractivity (Wildman–Crippen MR) is 84.8 cm³/mol. The Morgan fingerprint density at radius 3 is 2.70 bits per heavy atom. The van der Waals surface area contributed by atoms with Crippen LogP contribution >= 0.6 is 0 Å². The zero-order valence-corrected chi connectivity index (χ0v) is 14.8. The van der Waals surface area contributed by atoms with E-state index in [1.807, 2.05) is 0 Å². The summed E-state index contributed by atoms with van der Waals surface area (Å²) in [7, 11) is -3.35. The van der Waals surface area contributed by atoms with Crippen LogP contribution in [0.4, 0.5) is 17.6 Å². The van der Waals surface area contributed by atoms with Gasteiger partial charge >= 0.3 is 12.1 Å². The molecule has 1 unspecified atom stereocenters. The second kappa shape index (κ2) is 7.08. The van der Waals surface area contributed by atoms with Gasteiger partial charge in [-0.2, -0.15) is 22.5 Å². The van der Waals surface area contributed by atoms with E-state index in [2.05, 4.69) is 14.7 Å². The van der Waals surface area contributed by atoms with E-state index in [1.165, 1.54) is 23.4 Å². The summed E-state index contributed by atoms with van der Waals surface area (Å²) in [6.45, 7) is 1.92. The molecule has 1 aromatic heterocycles. The monoisotopic (exact) mass is 409 g/mol. The van der Waals surface area contributed by atoms with Crippen molar-refractivity contribution in [2.45, 2.75) is 25.6 Å². The van der Waals surface area contributed by atoms with E-state index in [4.69, 9.17) is 4.74 Å². The molecule has 12 heteroatoms. The number of benzene rings is 1. The van der Waals surface area contributed by atoms with Crippen LogP contribution in [0, 0.1) is 5.82 Å². The number of rotatable bonds is 5. The maximum atomic E-state index is 14.3. The zero-order chi connectivity index (χ0) is 19.8. The van der Waals surface area contributed by atoms with Crippen LogP contribution in [0.5, 0.6) is 5.75 Å². The summed E-state index contributed by atoms with van der Waals surface area (Å²) < 4.78 is 86.3. The minimum Gasteiger partial charge on any atom is -0.486 e. The lowest BCUT2D eigenvalue weighted by Crippen LogP contribution is -2.32. The van der Waals surface area contributed by atoms with Crippen molar-refractivity contribution in [2.24, 2.45) is 0 Å². The summed E-state index contributed by atoms with van der Waals surface area (Å²) in [5.74, 6) is -2.94. The fourth-order valence-corrected chi connectivity index (χ4v) is 3.74. The molecule has 0 aliphatic carbocycles. The molecule has 0 saturated carbocycles. The minimum absolute atomic E-state index is 0.0132. The van der Waals surface area contributed by atoms with E-state index in [-0.39, 0.29) is 30.2 Å². The highest BCUT2D eigenvalue weighted by Gasteiger charge is 2.38. The van der Waals surface area contributed by atoms with Gasteiger partial charge in [-0.15, -0.1) is 0 Å². The number of hydrogen-bond donors (Lipinski definition) is 0. The van der Waals surface area contributed by atoms with Crippen LogP contribution in [0.1, 0.15) is 19.2 Å². The highest BCUT2D eigenvalue weighted by Crippen LogP contribution is 2.31. The van der Waals surface area contributed by atoms with Gasteiger partial charge < -0.3 is 9.26 Å². The molecule has 1 aliphatic heterocycles. The van der Waals surface area contributed by atoms with Crippen molar-refractivity contribution >= 4 is 10.0 Å². The highest BCUT2D eigenvalue weighted by atomic mass is 32.2. The molecule has 1 aromatic carbocycles. The van der Waals surface area contributed by atoms with Crippen LogP contribution < -0.4 is 4.74 Å². The molecule has 27 heavy (non-hydrogen) atoms. The van der Waals surface area contributed by atoms with Crippen LogP contribution in [0.25, 0.3) is 11.4 Å². The van der Waals surface area contributed by atoms with Crippen molar-refractivity contribution in [3.63, 3.8) is 0 Å². The number of aromatic nitrogens is 2. The molecule has 1 atom stereocenters. The lowest BCUT2D eigenvalue weighted by atomic mass is 10.2. The van der Waals surface area contributed by atoms with Gasteiger partial charge in [0.15, 0.2) is 11.6 Å². The third-order valence-electron chi connectivity index (χ3n) is 4.02. The van der Waals surface area contributed by atoms with Gasteiger partial charge in [0.25, 0.3) is 0 Å². The summed E-state index contributed by atoms with van der Waals surface area (Å²) in [6.07, 6.45) is -4.91. The van der Waals surface area contributed by atoms with Crippen molar-refractivity contribution in [3.8, 4) is 17.1 Å². The first-order chi connectivity index (χ1) is 12.6. The van der Waals surface area contributed by atoms with Crippen LogP contribution in [-0.2, 0) is 16.2 Å². The number of nitrogens with zero attached hydrogens (tertiary/aromatic N) is 3. The standard InChI is InChI=1S/C15H15F4N3O4S/c1-2-27(23,24)22-6-5-10(8-22)25-12-4-3-9(7-11(12)16)13-20-14(26-21-13)15(17,18)19/h3-4,7,10H,2,5-6,8H2,1H3. The molecule has 0 N–H and O–H groups in total. The molecule has 0 amide bonds. The van der Waals surface area contributed by atoms with E-state index < -0.39 is 39.8 Å². The third kappa shape index (κ3) is 4.21. The van der Waals surface area contributed by atoms with Crippen molar-refractivity contribution in [2.75, 3.05) is 18.8 Å². The molecular formula is C15H15F4N3O4S. The Morgan fingerprint density at radius 2 is 2.11 bits per heavy atom. The first-order valence-corrected chi connectivity index (χ1v) is 9.56. The Morgan fingerprint density at radius 1 is 1.37 bits per heavy atom. The molecule has 0 radical (unpaired) electrons. The Labute approximate surface area is 152 Å². The largest absolute Gasteiger partial charge is 0.486 e. The summed E-state index contributed by atoms with van der Waals surface area (Å²) in [4.78, 5) is 3.19.